The maximum Gasteiger partial charge on any atom is 0.240 e. The zero-order valence-corrected chi connectivity index (χ0v) is 9.19. The first-order valence-electron chi connectivity index (χ1n) is 5.74. The molecule has 84 valence electrons. The van der Waals surface area contributed by atoms with Gasteiger partial charge in [0.15, 0.2) is 0 Å². The standard InChI is InChI=1S/C13H15NO2/c15-10-14-12-8-4-5-9-13(12)16-11-6-2-1-3-7-11/h4-5,8-9,11H,1-3,6-7H2. The predicted molar refractivity (Wildman–Crippen MR) is 61.7 cm³/mol. The van der Waals surface area contributed by atoms with E-state index in [0.29, 0.717) is 11.4 Å². The average Bonchev–Trinajstić information content (AvgIpc) is 2.33. The Morgan fingerprint density at radius 3 is 2.69 bits per heavy atom. The molecule has 3 nitrogen and oxygen atoms in total. The molecule has 0 atom stereocenters. The summed E-state index contributed by atoms with van der Waals surface area (Å²) < 4.78 is 5.87. The topological polar surface area (TPSA) is 38.7 Å². The number of para-hydroxylation sites is 2. The molecule has 0 N–H and O–H groups in total. The third kappa shape index (κ3) is 2.71. The van der Waals surface area contributed by atoms with Gasteiger partial charge >= 0.3 is 0 Å². The van der Waals surface area contributed by atoms with E-state index >= 15 is 0 Å². The quantitative estimate of drug-likeness (QED) is 0.575. The fourth-order valence-corrected chi connectivity index (χ4v) is 2.06. The lowest BCUT2D eigenvalue weighted by Gasteiger charge is -2.23. The van der Waals surface area contributed by atoms with Crippen LogP contribution >= 0.6 is 0 Å². The fraction of sp³-hybridized carbons (Fsp3) is 0.462. The molecule has 0 unspecified atom stereocenters. The minimum atomic E-state index is 0.275. The van der Waals surface area contributed by atoms with Gasteiger partial charge in [-0.3, -0.25) is 0 Å². The average molecular weight is 217 g/mol. The van der Waals surface area contributed by atoms with Crippen LogP contribution in [0.3, 0.4) is 0 Å². The maximum absolute atomic E-state index is 10.3. The Hall–Kier alpha value is -1.60. The van der Waals surface area contributed by atoms with Gasteiger partial charge in [0.2, 0.25) is 6.08 Å². The minimum absolute atomic E-state index is 0.275. The molecular formula is C13H15NO2. The van der Waals surface area contributed by atoms with Crippen molar-refractivity contribution in [1.82, 2.24) is 0 Å². The summed E-state index contributed by atoms with van der Waals surface area (Å²) in [7, 11) is 0. The second-order valence-corrected chi connectivity index (χ2v) is 4.05. The van der Waals surface area contributed by atoms with E-state index in [4.69, 9.17) is 4.74 Å². The number of hydrogen-bond donors (Lipinski definition) is 0. The Balaban J connectivity index is 2.10. The van der Waals surface area contributed by atoms with Crippen molar-refractivity contribution in [3.05, 3.63) is 24.3 Å². The molecule has 0 bridgehead atoms. The molecular weight excluding hydrogens is 202 g/mol. The van der Waals surface area contributed by atoms with Crippen LogP contribution in [0.4, 0.5) is 5.69 Å². The van der Waals surface area contributed by atoms with Crippen LogP contribution in [-0.4, -0.2) is 12.2 Å². The summed E-state index contributed by atoms with van der Waals surface area (Å²) in [5.74, 6) is 0.692. The van der Waals surface area contributed by atoms with E-state index in [9.17, 15) is 4.79 Å². The number of carbonyl (C=O) groups excluding carboxylic acids is 1. The van der Waals surface area contributed by atoms with E-state index < -0.39 is 0 Å². The Morgan fingerprint density at radius 1 is 1.19 bits per heavy atom. The van der Waals surface area contributed by atoms with E-state index in [1.807, 2.05) is 18.2 Å². The SMILES string of the molecule is O=C=Nc1ccccc1OC1CCCCC1. The fourth-order valence-electron chi connectivity index (χ4n) is 2.06. The molecule has 1 saturated carbocycles. The second kappa shape index (κ2) is 5.47. The van der Waals surface area contributed by atoms with Crippen LogP contribution < -0.4 is 4.74 Å². The van der Waals surface area contributed by atoms with Gasteiger partial charge in [-0.05, 0) is 37.8 Å². The molecule has 0 aromatic heterocycles. The molecule has 0 heterocycles. The lowest BCUT2D eigenvalue weighted by Crippen LogP contribution is -2.19. The highest BCUT2D eigenvalue weighted by molar-refractivity contribution is 5.57. The Bertz CT molecular complexity index is 391. The molecule has 3 heteroatoms. The number of ether oxygens (including phenoxy) is 1. The summed E-state index contributed by atoms with van der Waals surface area (Å²) >= 11 is 0. The molecule has 1 aliphatic rings. The van der Waals surface area contributed by atoms with Gasteiger partial charge in [-0.15, -0.1) is 0 Å². The van der Waals surface area contributed by atoms with Crippen LogP contribution in [-0.2, 0) is 4.79 Å². The molecule has 1 aromatic carbocycles. The van der Waals surface area contributed by atoms with Crippen molar-refractivity contribution in [2.45, 2.75) is 38.2 Å². The van der Waals surface area contributed by atoms with Gasteiger partial charge in [-0.1, -0.05) is 18.6 Å². The van der Waals surface area contributed by atoms with E-state index in [-0.39, 0.29) is 6.10 Å². The van der Waals surface area contributed by atoms with Crippen LogP contribution in [0.5, 0.6) is 5.75 Å². The summed E-state index contributed by atoms with van der Waals surface area (Å²) in [6.45, 7) is 0. The first-order chi connectivity index (χ1) is 7.90. The van der Waals surface area contributed by atoms with Crippen LogP contribution in [0.25, 0.3) is 0 Å². The molecule has 0 saturated heterocycles. The lowest BCUT2D eigenvalue weighted by molar-refractivity contribution is 0.155. The number of isocyanates is 1. The molecule has 16 heavy (non-hydrogen) atoms. The van der Waals surface area contributed by atoms with Crippen LogP contribution in [0, 0.1) is 0 Å². The Morgan fingerprint density at radius 2 is 1.94 bits per heavy atom. The van der Waals surface area contributed by atoms with E-state index in [2.05, 4.69) is 4.99 Å². The van der Waals surface area contributed by atoms with E-state index in [1.54, 1.807) is 12.1 Å². The number of nitrogens with zero attached hydrogens (tertiary/aromatic N) is 1. The third-order valence-corrected chi connectivity index (χ3v) is 2.88. The van der Waals surface area contributed by atoms with Crippen molar-refractivity contribution < 1.29 is 9.53 Å². The van der Waals surface area contributed by atoms with Gasteiger partial charge in [0, 0.05) is 0 Å². The van der Waals surface area contributed by atoms with Gasteiger partial charge in [0.05, 0.1) is 6.10 Å². The summed E-state index contributed by atoms with van der Waals surface area (Å²) in [5.41, 5.74) is 0.572. The highest BCUT2D eigenvalue weighted by Crippen LogP contribution is 2.30. The van der Waals surface area contributed by atoms with Gasteiger partial charge in [-0.2, -0.15) is 4.99 Å². The second-order valence-electron chi connectivity index (χ2n) is 4.05. The third-order valence-electron chi connectivity index (χ3n) is 2.88. The van der Waals surface area contributed by atoms with E-state index in [0.717, 1.165) is 12.8 Å². The van der Waals surface area contributed by atoms with Gasteiger partial charge in [0.25, 0.3) is 0 Å². The largest absolute Gasteiger partial charge is 0.488 e. The smallest absolute Gasteiger partial charge is 0.240 e. The van der Waals surface area contributed by atoms with Gasteiger partial charge in [0.1, 0.15) is 11.4 Å². The van der Waals surface area contributed by atoms with E-state index in [1.165, 1.54) is 19.3 Å². The van der Waals surface area contributed by atoms with Crippen LogP contribution in [0.1, 0.15) is 32.1 Å². The molecule has 1 fully saturated rings. The molecule has 0 aliphatic heterocycles. The molecule has 0 amide bonds. The van der Waals surface area contributed by atoms with Crippen molar-refractivity contribution in [3.63, 3.8) is 0 Å². The highest BCUT2D eigenvalue weighted by Gasteiger charge is 2.15. The van der Waals surface area contributed by atoms with Crippen molar-refractivity contribution in [3.8, 4) is 5.75 Å². The van der Waals surface area contributed by atoms with Crippen LogP contribution in [0.15, 0.2) is 29.3 Å². The van der Waals surface area contributed by atoms with Gasteiger partial charge < -0.3 is 4.74 Å². The van der Waals surface area contributed by atoms with Crippen molar-refractivity contribution in [2.24, 2.45) is 4.99 Å². The van der Waals surface area contributed by atoms with Crippen molar-refractivity contribution >= 4 is 11.8 Å². The zero-order chi connectivity index (χ0) is 11.2. The molecule has 2 rings (SSSR count). The minimum Gasteiger partial charge on any atom is -0.488 e. The Labute approximate surface area is 95.2 Å². The normalized spacial score (nSPS) is 16.5. The van der Waals surface area contributed by atoms with Crippen molar-refractivity contribution in [1.29, 1.82) is 0 Å². The van der Waals surface area contributed by atoms with Gasteiger partial charge in [-0.25, -0.2) is 4.79 Å². The maximum atomic E-state index is 10.3. The predicted octanol–water partition coefficient (Wildman–Crippen LogP) is 3.37. The highest BCUT2D eigenvalue weighted by atomic mass is 16.5. The lowest BCUT2D eigenvalue weighted by atomic mass is 9.98. The summed E-state index contributed by atoms with van der Waals surface area (Å²) in [6.07, 6.45) is 7.78. The van der Waals surface area contributed by atoms with Crippen LogP contribution in [0.2, 0.25) is 0 Å². The number of hydrogen-bond acceptors (Lipinski definition) is 3. The molecule has 1 aliphatic carbocycles. The monoisotopic (exact) mass is 217 g/mol. The first kappa shape index (κ1) is 10.9. The zero-order valence-electron chi connectivity index (χ0n) is 9.19. The number of benzene rings is 1. The molecule has 0 radical (unpaired) electrons. The number of rotatable bonds is 3. The van der Waals surface area contributed by atoms with Crippen molar-refractivity contribution in [2.75, 3.05) is 0 Å². The summed E-state index contributed by atoms with van der Waals surface area (Å²) in [4.78, 5) is 13.9. The summed E-state index contributed by atoms with van der Waals surface area (Å²) in [5, 5.41) is 0. The Kier molecular flexibility index (Phi) is 3.73. The molecule has 0 spiro atoms. The first-order valence-corrected chi connectivity index (χ1v) is 5.74. The molecule has 1 aromatic rings. The number of aliphatic imine (C=N–C) groups is 1. The summed E-state index contributed by atoms with van der Waals surface area (Å²) in [6, 6.07) is 7.35.